The van der Waals surface area contributed by atoms with Gasteiger partial charge in [-0.25, -0.2) is 18.2 Å². The molecule has 1 saturated heterocycles. The number of esters is 1. The molecule has 3 rings (SSSR count). The topological polar surface area (TPSA) is 93.6 Å². The summed E-state index contributed by atoms with van der Waals surface area (Å²) in [6, 6.07) is 9.07. The Balaban J connectivity index is 1.62. The molecule has 0 aliphatic carbocycles. The molecule has 0 N–H and O–H groups in total. The molecule has 0 saturated carbocycles. The van der Waals surface area contributed by atoms with Crippen LogP contribution in [0.5, 0.6) is 0 Å². The SMILES string of the molecule is C[C@H](OC(=O)c1csc(-c2ccccc2)n1)C(=O)N(C)[C@@H]1CCS(=O)(=O)C1. The zero-order valence-corrected chi connectivity index (χ0v) is 16.6. The number of aromatic nitrogens is 1. The number of hydrogen-bond acceptors (Lipinski definition) is 7. The molecule has 2 atom stereocenters. The summed E-state index contributed by atoms with van der Waals surface area (Å²) in [6.07, 6.45) is -0.620. The van der Waals surface area contributed by atoms with Gasteiger partial charge in [-0.15, -0.1) is 11.3 Å². The number of likely N-dealkylation sites (N-methyl/N-ethyl adjacent to an activating group) is 1. The lowest BCUT2D eigenvalue weighted by molar-refractivity contribution is -0.140. The van der Waals surface area contributed by atoms with Crippen molar-refractivity contribution >= 4 is 33.1 Å². The first-order chi connectivity index (χ1) is 12.8. The summed E-state index contributed by atoms with van der Waals surface area (Å²) in [6.45, 7) is 1.48. The van der Waals surface area contributed by atoms with Gasteiger partial charge in [0.05, 0.1) is 11.5 Å². The number of rotatable bonds is 5. The van der Waals surface area contributed by atoms with E-state index in [4.69, 9.17) is 4.74 Å². The molecule has 9 heteroatoms. The number of thiazole rings is 1. The zero-order chi connectivity index (χ0) is 19.6. The zero-order valence-electron chi connectivity index (χ0n) is 15.0. The van der Waals surface area contributed by atoms with Gasteiger partial charge in [-0.3, -0.25) is 4.79 Å². The Morgan fingerprint density at radius 1 is 1.30 bits per heavy atom. The van der Waals surface area contributed by atoms with E-state index >= 15 is 0 Å². The maximum Gasteiger partial charge on any atom is 0.358 e. The molecule has 1 aromatic heterocycles. The molecule has 7 nitrogen and oxygen atoms in total. The van der Waals surface area contributed by atoms with Crippen LogP contribution < -0.4 is 0 Å². The van der Waals surface area contributed by atoms with Gasteiger partial charge in [0.15, 0.2) is 21.6 Å². The highest BCUT2D eigenvalue weighted by atomic mass is 32.2. The van der Waals surface area contributed by atoms with E-state index in [1.165, 1.54) is 30.2 Å². The fourth-order valence-electron chi connectivity index (χ4n) is 2.90. The highest BCUT2D eigenvalue weighted by molar-refractivity contribution is 7.91. The smallest absolute Gasteiger partial charge is 0.358 e. The summed E-state index contributed by atoms with van der Waals surface area (Å²) in [4.78, 5) is 30.4. The molecule has 1 aromatic carbocycles. The standard InChI is InChI=1S/C18H20N2O5S2/c1-12(17(21)20(2)14-8-9-27(23,24)11-14)25-18(22)15-10-26-16(19-15)13-6-4-3-5-7-13/h3-7,10,12,14H,8-9,11H2,1-2H3/t12-,14+/m0/s1. The molecule has 0 bridgehead atoms. The van der Waals surface area contributed by atoms with Gasteiger partial charge in [0.25, 0.3) is 5.91 Å². The van der Waals surface area contributed by atoms with E-state index in [2.05, 4.69) is 4.98 Å². The van der Waals surface area contributed by atoms with Gasteiger partial charge in [0, 0.05) is 24.0 Å². The van der Waals surface area contributed by atoms with Crippen molar-refractivity contribution in [3.05, 3.63) is 41.4 Å². The summed E-state index contributed by atoms with van der Waals surface area (Å²) >= 11 is 1.32. The maximum atomic E-state index is 12.5. The van der Waals surface area contributed by atoms with Gasteiger partial charge in [0.2, 0.25) is 0 Å². The van der Waals surface area contributed by atoms with Crippen LogP contribution in [-0.4, -0.2) is 60.9 Å². The number of carbonyl (C=O) groups is 2. The second-order valence-corrected chi connectivity index (χ2v) is 9.54. The number of nitrogens with zero attached hydrogens (tertiary/aromatic N) is 2. The number of hydrogen-bond donors (Lipinski definition) is 0. The number of carbonyl (C=O) groups excluding carboxylic acids is 2. The Bertz CT molecular complexity index is 940. The summed E-state index contributed by atoms with van der Waals surface area (Å²) in [5.41, 5.74) is 1.04. The number of amides is 1. The molecular weight excluding hydrogens is 388 g/mol. The molecule has 1 aliphatic rings. The Morgan fingerprint density at radius 2 is 2.00 bits per heavy atom. The van der Waals surface area contributed by atoms with Crippen LogP contribution in [-0.2, 0) is 19.4 Å². The van der Waals surface area contributed by atoms with E-state index in [-0.39, 0.29) is 23.2 Å². The molecule has 0 spiro atoms. The highest BCUT2D eigenvalue weighted by Crippen LogP contribution is 2.24. The lowest BCUT2D eigenvalue weighted by atomic mass is 10.2. The molecule has 1 amide bonds. The predicted octanol–water partition coefficient (Wildman–Crippen LogP) is 2.00. The molecule has 0 unspecified atom stereocenters. The quantitative estimate of drug-likeness (QED) is 0.703. The Kier molecular flexibility index (Phi) is 5.61. The Hall–Kier alpha value is -2.26. The van der Waals surface area contributed by atoms with Gasteiger partial charge in [-0.1, -0.05) is 30.3 Å². The summed E-state index contributed by atoms with van der Waals surface area (Å²) < 4.78 is 28.4. The summed E-state index contributed by atoms with van der Waals surface area (Å²) in [5.74, 6) is -1.09. The van der Waals surface area contributed by atoms with Crippen LogP contribution in [0, 0.1) is 0 Å². The number of ether oxygens (including phenoxy) is 1. The monoisotopic (exact) mass is 408 g/mol. The highest BCUT2D eigenvalue weighted by Gasteiger charge is 2.35. The first-order valence-corrected chi connectivity index (χ1v) is 11.2. The van der Waals surface area contributed by atoms with Gasteiger partial charge in [-0.05, 0) is 13.3 Å². The van der Waals surface area contributed by atoms with Gasteiger partial charge in [-0.2, -0.15) is 0 Å². The van der Waals surface area contributed by atoms with Crippen LogP contribution in [0.3, 0.4) is 0 Å². The van der Waals surface area contributed by atoms with Gasteiger partial charge >= 0.3 is 5.97 Å². The lowest BCUT2D eigenvalue weighted by Gasteiger charge is -2.26. The molecule has 2 aromatic rings. The molecule has 1 fully saturated rings. The molecular formula is C18H20N2O5S2. The van der Waals surface area contributed by atoms with Crippen LogP contribution in [0.25, 0.3) is 10.6 Å². The minimum absolute atomic E-state index is 0.0531. The number of sulfone groups is 1. The third-order valence-electron chi connectivity index (χ3n) is 4.47. The van der Waals surface area contributed by atoms with Crippen LogP contribution >= 0.6 is 11.3 Å². The number of benzene rings is 1. The van der Waals surface area contributed by atoms with Crippen LogP contribution in [0.15, 0.2) is 35.7 Å². The van der Waals surface area contributed by atoms with Crippen molar-refractivity contribution < 1.29 is 22.7 Å². The van der Waals surface area contributed by atoms with E-state index in [9.17, 15) is 18.0 Å². The minimum atomic E-state index is -3.10. The van der Waals surface area contributed by atoms with Crippen molar-refractivity contribution in [1.82, 2.24) is 9.88 Å². The fraction of sp³-hybridized carbons (Fsp3) is 0.389. The lowest BCUT2D eigenvalue weighted by Crippen LogP contribution is -2.44. The van der Waals surface area contributed by atoms with Crippen LogP contribution in [0.1, 0.15) is 23.8 Å². The van der Waals surface area contributed by atoms with E-state index in [1.807, 2.05) is 30.3 Å². The molecule has 27 heavy (non-hydrogen) atoms. The molecule has 1 aliphatic heterocycles. The summed E-state index contributed by atoms with van der Waals surface area (Å²) in [5, 5.41) is 2.28. The average molecular weight is 409 g/mol. The van der Waals surface area contributed by atoms with E-state index < -0.39 is 27.8 Å². The van der Waals surface area contributed by atoms with Crippen LogP contribution in [0.2, 0.25) is 0 Å². The van der Waals surface area contributed by atoms with Gasteiger partial charge in [0.1, 0.15) is 5.01 Å². The van der Waals surface area contributed by atoms with E-state index in [1.54, 1.807) is 5.38 Å². The van der Waals surface area contributed by atoms with E-state index in [0.717, 1.165) is 5.56 Å². The largest absolute Gasteiger partial charge is 0.448 e. The summed E-state index contributed by atoms with van der Waals surface area (Å²) in [7, 11) is -1.56. The second-order valence-electron chi connectivity index (χ2n) is 6.46. The third kappa shape index (κ3) is 4.54. The van der Waals surface area contributed by atoms with Crippen molar-refractivity contribution in [3.8, 4) is 10.6 Å². The minimum Gasteiger partial charge on any atom is -0.448 e. The first-order valence-electron chi connectivity index (χ1n) is 8.46. The fourth-order valence-corrected chi connectivity index (χ4v) is 5.47. The average Bonchev–Trinajstić information content (AvgIpc) is 3.28. The third-order valence-corrected chi connectivity index (χ3v) is 7.11. The molecule has 0 radical (unpaired) electrons. The molecule has 2 heterocycles. The normalized spacial score (nSPS) is 19.4. The predicted molar refractivity (Wildman–Crippen MR) is 102 cm³/mol. The second kappa shape index (κ2) is 7.77. The van der Waals surface area contributed by atoms with Crippen molar-refractivity contribution in [3.63, 3.8) is 0 Å². The Labute approximate surface area is 161 Å². The van der Waals surface area contributed by atoms with Crippen molar-refractivity contribution in [2.24, 2.45) is 0 Å². The van der Waals surface area contributed by atoms with Crippen LogP contribution in [0.4, 0.5) is 0 Å². The first kappa shape index (κ1) is 19.5. The maximum absolute atomic E-state index is 12.5. The van der Waals surface area contributed by atoms with E-state index in [0.29, 0.717) is 11.4 Å². The van der Waals surface area contributed by atoms with Crippen molar-refractivity contribution in [2.75, 3.05) is 18.6 Å². The Morgan fingerprint density at radius 3 is 2.63 bits per heavy atom. The van der Waals surface area contributed by atoms with Crippen molar-refractivity contribution in [2.45, 2.75) is 25.5 Å². The van der Waals surface area contributed by atoms with Crippen molar-refractivity contribution in [1.29, 1.82) is 0 Å². The molecule has 144 valence electrons. The van der Waals surface area contributed by atoms with Gasteiger partial charge < -0.3 is 9.64 Å².